The Morgan fingerprint density at radius 2 is 2.21 bits per heavy atom. The smallest absolute Gasteiger partial charge is 0.269 e. The monoisotopic (exact) mass is 278 g/mol. The molecule has 0 aliphatic heterocycles. The molecule has 2 aromatic rings. The highest BCUT2D eigenvalue weighted by Crippen LogP contribution is 2.29. The Hall–Kier alpha value is -1.86. The van der Waals surface area contributed by atoms with Gasteiger partial charge in [0.25, 0.3) is 5.69 Å². The topological polar surface area (TPSA) is 81.0 Å². The summed E-state index contributed by atoms with van der Waals surface area (Å²) in [4.78, 5) is 10.3. The molecule has 0 aliphatic rings. The van der Waals surface area contributed by atoms with Gasteiger partial charge in [-0.1, -0.05) is 11.3 Å². The Morgan fingerprint density at radius 3 is 2.84 bits per heavy atom. The molecule has 0 saturated carbocycles. The van der Waals surface area contributed by atoms with Gasteiger partial charge < -0.3 is 5.32 Å². The second-order valence-electron chi connectivity index (χ2n) is 4.11. The fourth-order valence-electron chi connectivity index (χ4n) is 1.70. The van der Waals surface area contributed by atoms with Crippen LogP contribution in [-0.4, -0.2) is 28.7 Å². The van der Waals surface area contributed by atoms with Crippen molar-refractivity contribution in [3.63, 3.8) is 0 Å². The Morgan fingerprint density at radius 1 is 1.42 bits per heavy atom. The Balaban J connectivity index is 2.26. The number of benzene rings is 1. The SMILES string of the molecule is CNCCc1nnc(-c2ccc([N+](=O)[O-])cc2C)s1. The number of nitro groups is 1. The van der Waals surface area contributed by atoms with Crippen molar-refractivity contribution in [1.29, 1.82) is 0 Å². The Labute approximate surface area is 114 Å². The largest absolute Gasteiger partial charge is 0.319 e. The van der Waals surface area contributed by atoms with E-state index in [0.717, 1.165) is 34.1 Å². The van der Waals surface area contributed by atoms with Gasteiger partial charge in [-0.3, -0.25) is 10.1 Å². The molecule has 0 unspecified atom stereocenters. The Kier molecular flexibility index (Phi) is 4.18. The van der Waals surface area contributed by atoms with E-state index in [-0.39, 0.29) is 5.69 Å². The van der Waals surface area contributed by atoms with Crippen molar-refractivity contribution >= 4 is 17.0 Å². The van der Waals surface area contributed by atoms with Gasteiger partial charge in [-0.05, 0) is 25.6 Å². The van der Waals surface area contributed by atoms with E-state index in [1.807, 2.05) is 14.0 Å². The van der Waals surface area contributed by atoms with Crippen LogP contribution in [0.1, 0.15) is 10.6 Å². The average Bonchev–Trinajstić information content (AvgIpc) is 2.84. The summed E-state index contributed by atoms with van der Waals surface area (Å²) in [7, 11) is 1.89. The van der Waals surface area contributed by atoms with Gasteiger partial charge in [-0.15, -0.1) is 10.2 Å². The van der Waals surface area contributed by atoms with Gasteiger partial charge in [0.1, 0.15) is 10.0 Å². The number of nitrogens with one attached hydrogen (secondary N) is 1. The molecule has 19 heavy (non-hydrogen) atoms. The summed E-state index contributed by atoms with van der Waals surface area (Å²) in [6.07, 6.45) is 0.834. The quantitative estimate of drug-likeness (QED) is 0.669. The number of hydrogen-bond donors (Lipinski definition) is 1. The van der Waals surface area contributed by atoms with E-state index >= 15 is 0 Å². The summed E-state index contributed by atoms with van der Waals surface area (Å²) in [6, 6.07) is 4.79. The third-order valence-corrected chi connectivity index (χ3v) is 3.72. The van der Waals surface area contributed by atoms with Crippen LogP contribution in [0.5, 0.6) is 0 Å². The van der Waals surface area contributed by atoms with Crippen LogP contribution in [0.3, 0.4) is 0 Å². The number of aromatic nitrogens is 2. The molecule has 0 aliphatic carbocycles. The van der Waals surface area contributed by atoms with Crippen molar-refractivity contribution in [3.05, 3.63) is 38.9 Å². The van der Waals surface area contributed by atoms with E-state index in [1.54, 1.807) is 12.1 Å². The molecule has 0 spiro atoms. The number of rotatable bonds is 5. The van der Waals surface area contributed by atoms with Gasteiger partial charge in [-0.2, -0.15) is 0 Å². The zero-order chi connectivity index (χ0) is 13.8. The first kappa shape index (κ1) is 13.6. The molecule has 1 heterocycles. The van der Waals surface area contributed by atoms with Gasteiger partial charge in [-0.25, -0.2) is 0 Å². The number of likely N-dealkylation sites (N-methyl/N-ethyl adjacent to an activating group) is 1. The van der Waals surface area contributed by atoms with Crippen LogP contribution in [0.2, 0.25) is 0 Å². The van der Waals surface area contributed by atoms with Crippen molar-refractivity contribution in [3.8, 4) is 10.6 Å². The first-order valence-corrected chi connectivity index (χ1v) is 6.66. The summed E-state index contributed by atoms with van der Waals surface area (Å²) >= 11 is 1.52. The third kappa shape index (κ3) is 3.12. The number of aryl methyl sites for hydroxylation is 1. The van der Waals surface area contributed by atoms with Gasteiger partial charge in [0.05, 0.1) is 4.92 Å². The molecule has 1 aromatic heterocycles. The van der Waals surface area contributed by atoms with Crippen molar-refractivity contribution in [2.24, 2.45) is 0 Å². The van der Waals surface area contributed by atoms with Crippen LogP contribution >= 0.6 is 11.3 Å². The molecule has 2 rings (SSSR count). The minimum atomic E-state index is -0.394. The molecular formula is C12H14N4O2S. The zero-order valence-electron chi connectivity index (χ0n) is 10.7. The van der Waals surface area contributed by atoms with E-state index in [2.05, 4.69) is 15.5 Å². The van der Waals surface area contributed by atoms with E-state index in [9.17, 15) is 10.1 Å². The van der Waals surface area contributed by atoms with E-state index in [4.69, 9.17) is 0 Å². The third-order valence-electron chi connectivity index (χ3n) is 2.71. The molecule has 0 fully saturated rings. The molecule has 1 N–H and O–H groups in total. The molecule has 0 bridgehead atoms. The maximum absolute atomic E-state index is 10.7. The second-order valence-corrected chi connectivity index (χ2v) is 5.17. The maximum Gasteiger partial charge on any atom is 0.269 e. The lowest BCUT2D eigenvalue weighted by Crippen LogP contribution is -2.09. The fourth-order valence-corrected chi connectivity index (χ4v) is 2.63. The molecule has 100 valence electrons. The molecule has 6 nitrogen and oxygen atoms in total. The fraction of sp³-hybridized carbons (Fsp3) is 0.333. The summed E-state index contributed by atoms with van der Waals surface area (Å²) in [5.41, 5.74) is 1.84. The molecule has 0 atom stereocenters. The van der Waals surface area contributed by atoms with Crippen molar-refractivity contribution < 1.29 is 4.92 Å². The number of nitro benzene ring substituents is 1. The lowest BCUT2D eigenvalue weighted by Gasteiger charge is -2.00. The van der Waals surface area contributed by atoms with Crippen molar-refractivity contribution in [2.75, 3.05) is 13.6 Å². The number of hydrogen-bond acceptors (Lipinski definition) is 6. The average molecular weight is 278 g/mol. The van der Waals surface area contributed by atoms with E-state index in [1.165, 1.54) is 17.4 Å². The highest BCUT2D eigenvalue weighted by atomic mass is 32.1. The number of non-ortho nitro benzene ring substituents is 1. The van der Waals surface area contributed by atoms with Crippen molar-refractivity contribution in [2.45, 2.75) is 13.3 Å². The standard InChI is InChI=1S/C12H14N4O2S/c1-8-7-9(16(17)18)3-4-10(8)12-15-14-11(19-12)5-6-13-2/h3-4,7,13H,5-6H2,1-2H3. The predicted octanol–water partition coefficient (Wildman–Crippen LogP) is 2.18. The van der Waals surface area contributed by atoms with E-state index in [0.29, 0.717) is 0 Å². The first-order chi connectivity index (χ1) is 9.11. The molecule has 0 radical (unpaired) electrons. The maximum atomic E-state index is 10.7. The number of nitrogens with zero attached hydrogens (tertiary/aromatic N) is 3. The normalized spacial score (nSPS) is 10.6. The van der Waals surface area contributed by atoms with Crippen LogP contribution < -0.4 is 5.32 Å². The minimum Gasteiger partial charge on any atom is -0.319 e. The van der Waals surface area contributed by atoms with Crippen LogP contribution in [0.15, 0.2) is 18.2 Å². The summed E-state index contributed by atoms with van der Waals surface area (Å²) in [5, 5.41) is 23.8. The first-order valence-electron chi connectivity index (χ1n) is 5.84. The Bertz CT molecular complexity index is 597. The molecule has 7 heteroatoms. The van der Waals surface area contributed by atoms with Crippen molar-refractivity contribution in [1.82, 2.24) is 15.5 Å². The van der Waals surface area contributed by atoms with Gasteiger partial charge in [0.2, 0.25) is 0 Å². The lowest BCUT2D eigenvalue weighted by atomic mass is 10.1. The van der Waals surface area contributed by atoms with Crippen LogP contribution in [0.4, 0.5) is 5.69 Å². The summed E-state index contributed by atoms with van der Waals surface area (Å²) < 4.78 is 0. The second kappa shape index (κ2) is 5.85. The van der Waals surface area contributed by atoms with Crippen LogP contribution in [0, 0.1) is 17.0 Å². The highest BCUT2D eigenvalue weighted by molar-refractivity contribution is 7.14. The molecular weight excluding hydrogens is 264 g/mol. The minimum absolute atomic E-state index is 0.0983. The lowest BCUT2D eigenvalue weighted by molar-refractivity contribution is -0.384. The highest BCUT2D eigenvalue weighted by Gasteiger charge is 2.12. The summed E-state index contributed by atoms with van der Waals surface area (Å²) in [6.45, 7) is 2.70. The van der Waals surface area contributed by atoms with Gasteiger partial charge in [0, 0.05) is 30.7 Å². The van der Waals surface area contributed by atoms with E-state index < -0.39 is 4.92 Å². The molecule has 0 amide bonds. The summed E-state index contributed by atoms with van der Waals surface area (Å²) in [5.74, 6) is 0. The molecule has 1 aromatic carbocycles. The predicted molar refractivity (Wildman–Crippen MR) is 74.4 cm³/mol. The van der Waals surface area contributed by atoms with Gasteiger partial charge >= 0.3 is 0 Å². The van der Waals surface area contributed by atoms with Crippen LogP contribution in [0.25, 0.3) is 10.6 Å². The zero-order valence-corrected chi connectivity index (χ0v) is 11.5. The van der Waals surface area contributed by atoms with Gasteiger partial charge in [0.15, 0.2) is 0 Å². The molecule has 0 saturated heterocycles. The van der Waals surface area contributed by atoms with Crippen LogP contribution in [-0.2, 0) is 6.42 Å².